The number of benzene rings is 1. The summed E-state index contributed by atoms with van der Waals surface area (Å²) in [5.41, 5.74) is -1.17. The molecule has 2 N–H and O–H groups in total. The number of carbonyl (C=O) groups excluding carboxylic acids is 2. The van der Waals surface area contributed by atoms with Gasteiger partial charge in [0.25, 0.3) is 0 Å². The van der Waals surface area contributed by atoms with Gasteiger partial charge in [-0.15, -0.1) is 0 Å². The van der Waals surface area contributed by atoms with Crippen molar-refractivity contribution in [2.45, 2.75) is 25.1 Å². The maximum absolute atomic E-state index is 13.1. The second-order valence-electron chi connectivity index (χ2n) is 5.86. The molecule has 142 valence electrons. The molecule has 0 aliphatic carbocycles. The zero-order valence-electron chi connectivity index (χ0n) is 13.9. The van der Waals surface area contributed by atoms with Crippen molar-refractivity contribution in [2.75, 3.05) is 25.0 Å². The fraction of sp³-hybridized carbons (Fsp3) is 0.438. The number of carboxylic acids is 1. The fourth-order valence-electron chi connectivity index (χ4n) is 2.63. The number of halogens is 3. The number of carboxylic acid groups (broad SMARTS) is 1. The van der Waals surface area contributed by atoms with Crippen molar-refractivity contribution in [1.82, 2.24) is 10.2 Å². The first kappa shape index (κ1) is 19.5. The minimum absolute atomic E-state index is 0.0374. The van der Waals surface area contributed by atoms with E-state index in [4.69, 9.17) is 5.11 Å². The van der Waals surface area contributed by atoms with Gasteiger partial charge in [-0.25, -0.2) is 4.79 Å². The molecule has 0 radical (unpaired) electrons. The normalized spacial score (nSPS) is 17.3. The number of hydrogen-bond acceptors (Lipinski definition) is 3. The van der Waals surface area contributed by atoms with E-state index in [0.717, 1.165) is 15.9 Å². The number of nitrogens with one attached hydrogen (secondary N) is 1. The molecule has 26 heavy (non-hydrogen) atoms. The van der Waals surface area contributed by atoms with Crippen molar-refractivity contribution < 1.29 is 32.7 Å². The maximum atomic E-state index is 13.1. The van der Waals surface area contributed by atoms with Crippen LogP contribution in [0.15, 0.2) is 24.3 Å². The summed E-state index contributed by atoms with van der Waals surface area (Å²) in [5.74, 6) is -1.71. The van der Waals surface area contributed by atoms with E-state index in [9.17, 15) is 27.6 Å². The van der Waals surface area contributed by atoms with Gasteiger partial charge in [-0.3, -0.25) is 9.59 Å². The van der Waals surface area contributed by atoms with Crippen molar-refractivity contribution in [2.24, 2.45) is 0 Å². The van der Waals surface area contributed by atoms with Gasteiger partial charge in [-0.1, -0.05) is 12.1 Å². The molecule has 1 aliphatic rings. The Labute approximate surface area is 147 Å². The standard InChI is InChI=1S/C16H18F3N3O4/c1-21(8-7-13(23)24)15(26)20-11-6-9-22(14(11)25)12-5-3-2-4-10(12)16(17,18)19/h2-5,11H,6-9H2,1H3,(H,20,26)(H,23,24). The number of alkyl halides is 3. The lowest BCUT2D eigenvalue weighted by molar-refractivity contribution is -0.138. The molecule has 1 saturated heterocycles. The monoisotopic (exact) mass is 373 g/mol. The molecule has 0 spiro atoms. The summed E-state index contributed by atoms with van der Waals surface area (Å²) in [7, 11) is 1.37. The summed E-state index contributed by atoms with van der Waals surface area (Å²) in [6.07, 6.45) is -4.70. The van der Waals surface area contributed by atoms with E-state index >= 15 is 0 Å². The van der Waals surface area contributed by atoms with Crippen molar-refractivity contribution >= 4 is 23.6 Å². The lowest BCUT2D eigenvalue weighted by atomic mass is 10.1. The Bertz CT molecular complexity index is 708. The molecule has 3 amide bonds. The molecule has 7 nitrogen and oxygen atoms in total. The van der Waals surface area contributed by atoms with Crippen LogP contribution in [-0.2, 0) is 15.8 Å². The topological polar surface area (TPSA) is 89.9 Å². The Kier molecular flexibility index (Phi) is 5.73. The van der Waals surface area contributed by atoms with Crippen LogP contribution >= 0.6 is 0 Å². The highest BCUT2D eigenvalue weighted by atomic mass is 19.4. The maximum Gasteiger partial charge on any atom is 0.418 e. The summed E-state index contributed by atoms with van der Waals surface area (Å²) in [6.45, 7) is -0.0155. The van der Waals surface area contributed by atoms with Gasteiger partial charge in [0.05, 0.1) is 17.7 Å². The van der Waals surface area contributed by atoms with Gasteiger partial charge in [0.2, 0.25) is 5.91 Å². The van der Waals surface area contributed by atoms with Crippen LogP contribution in [0.5, 0.6) is 0 Å². The average Bonchev–Trinajstić information content (AvgIpc) is 2.92. The Morgan fingerprint density at radius 2 is 2.00 bits per heavy atom. The van der Waals surface area contributed by atoms with E-state index in [2.05, 4.69) is 5.32 Å². The predicted octanol–water partition coefficient (Wildman–Crippen LogP) is 1.93. The molecular formula is C16H18F3N3O4. The van der Waals surface area contributed by atoms with Gasteiger partial charge >= 0.3 is 18.2 Å². The predicted molar refractivity (Wildman–Crippen MR) is 85.6 cm³/mol. The first-order chi connectivity index (χ1) is 12.1. The van der Waals surface area contributed by atoms with Crippen LogP contribution in [0, 0.1) is 0 Å². The van der Waals surface area contributed by atoms with Crippen LogP contribution in [0.2, 0.25) is 0 Å². The van der Waals surface area contributed by atoms with Gasteiger partial charge < -0.3 is 20.2 Å². The number of anilines is 1. The van der Waals surface area contributed by atoms with Crippen LogP contribution in [-0.4, -0.2) is 54.1 Å². The molecule has 2 rings (SSSR count). The summed E-state index contributed by atoms with van der Waals surface area (Å²) in [5, 5.41) is 11.0. The lowest BCUT2D eigenvalue weighted by Gasteiger charge is -2.22. The van der Waals surface area contributed by atoms with Crippen LogP contribution < -0.4 is 10.2 Å². The molecule has 1 aromatic carbocycles. The van der Waals surface area contributed by atoms with E-state index in [-0.39, 0.29) is 31.6 Å². The Hall–Kier alpha value is -2.78. The lowest BCUT2D eigenvalue weighted by Crippen LogP contribution is -2.47. The highest BCUT2D eigenvalue weighted by molar-refractivity contribution is 6.01. The zero-order chi connectivity index (χ0) is 19.5. The highest BCUT2D eigenvalue weighted by Gasteiger charge is 2.40. The number of urea groups is 1. The van der Waals surface area contributed by atoms with Crippen molar-refractivity contribution in [1.29, 1.82) is 0 Å². The molecule has 1 heterocycles. The number of rotatable bonds is 5. The fourth-order valence-corrected chi connectivity index (χ4v) is 2.63. The third-order valence-corrected chi connectivity index (χ3v) is 4.01. The number of para-hydroxylation sites is 1. The molecular weight excluding hydrogens is 355 g/mol. The van der Waals surface area contributed by atoms with E-state index in [0.29, 0.717) is 0 Å². The second-order valence-corrected chi connectivity index (χ2v) is 5.86. The van der Waals surface area contributed by atoms with Gasteiger partial charge in [0.15, 0.2) is 0 Å². The number of hydrogen-bond donors (Lipinski definition) is 2. The molecule has 0 bridgehead atoms. The molecule has 1 aliphatic heterocycles. The molecule has 10 heteroatoms. The van der Waals surface area contributed by atoms with Crippen molar-refractivity contribution in [3.05, 3.63) is 29.8 Å². The van der Waals surface area contributed by atoms with Gasteiger partial charge in [-0.2, -0.15) is 13.2 Å². The summed E-state index contributed by atoms with van der Waals surface area (Å²) in [4.78, 5) is 37.1. The number of nitrogens with zero attached hydrogens (tertiary/aromatic N) is 2. The third-order valence-electron chi connectivity index (χ3n) is 4.01. The Balaban J connectivity index is 2.07. The molecule has 1 unspecified atom stereocenters. The van der Waals surface area contributed by atoms with Crippen LogP contribution in [0.4, 0.5) is 23.7 Å². The number of aliphatic carboxylic acids is 1. The number of amides is 3. The zero-order valence-corrected chi connectivity index (χ0v) is 13.9. The second kappa shape index (κ2) is 7.63. The van der Waals surface area contributed by atoms with Crippen molar-refractivity contribution in [3.63, 3.8) is 0 Å². The Morgan fingerprint density at radius 1 is 1.35 bits per heavy atom. The first-order valence-corrected chi connectivity index (χ1v) is 7.82. The smallest absolute Gasteiger partial charge is 0.418 e. The Morgan fingerprint density at radius 3 is 2.62 bits per heavy atom. The quantitative estimate of drug-likeness (QED) is 0.825. The number of carbonyl (C=O) groups is 3. The largest absolute Gasteiger partial charge is 0.481 e. The minimum atomic E-state index is -4.60. The third kappa shape index (κ3) is 4.44. The highest BCUT2D eigenvalue weighted by Crippen LogP contribution is 2.37. The van der Waals surface area contributed by atoms with Gasteiger partial charge in [-0.05, 0) is 18.6 Å². The van der Waals surface area contributed by atoms with E-state index in [1.807, 2.05) is 0 Å². The van der Waals surface area contributed by atoms with Gasteiger partial charge in [0, 0.05) is 20.1 Å². The summed E-state index contributed by atoms with van der Waals surface area (Å²) >= 11 is 0. The molecule has 1 aromatic rings. The van der Waals surface area contributed by atoms with Crippen LogP contribution in [0.3, 0.4) is 0 Å². The molecule has 0 saturated carbocycles. The average molecular weight is 373 g/mol. The van der Waals surface area contributed by atoms with Crippen molar-refractivity contribution in [3.8, 4) is 0 Å². The van der Waals surface area contributed by atoms with Gasteiger partial charge in [0.1, 0.15) is 6.04 Å². The summed E-state index contributed by atoms with van der Waals surface area (Å²) < 4.78 is 39.4. The van der Waals surface area contributed by atoms with Crippen LogP contribution in [0.25, 0.3) is 0 Å². The first-order valence-electron chi connectivity index (χ1n) is 7.82. The molecule has 1 fully saturated rings. The van der Waals surface area contributed by atoms with E-state index < -0.39 is 35.7 Å². The minimum Gasteiger partial charge on any atom is -0.481 e. The van der Waals surface area contributed by atoms with Crippen LogP contribution in [0.1, 0.15) is 18.4 Å². The van der Waals surface area contributed by atoms with E-state index in [1.165, 1.54) is 25.2 Å². The van der Waals surface area contributed by atoms with E-state index in [1.54, 1.807) is 0 Å². The SMILES string of the molecule is CN(CCC(=O)O)C(=O)NC1CCN(c2ccccc2C(F)(F)F)C1=O. The molecule has 0 aromatic heterocycles. The molecule has 1 atom stereocenters. The summed E-state index contributed by atoms with van der Waals surface area (Å²) in [6, 6.07) is 3.14.